The molecule has 14 heavy (non-hydrogen) atoms. The van der Waals surface area contributed by atoms with E-state index in [0.717, 1.165) is 6.20 Å². The third-order valence-corrected chi connectivity index (χ3v) is 1.62. The van der Waals surface area contributed by atoms with E-state index in [1.54, 1.807) is 12.1 Å². The monoisotopic (exact) mass is 193 g/mol. The van der Waals surface area contributed by atoms with E-state index in [2.05, 4.69) is 0 Å². The van der Waals surface area contributed by atoms with Crippen LogP contribution in [0.4, 0.5) is 0 Å². The van der Waals surface area contributed by atoms with Crippen molar-refractivity contribution in [2.75, 3.05) is 0 Å². The van der Waals surface area contributed by atoms with Crippen molar-refractivity contribution in [3.05, 3.63) is 46.1 Å². The lowest BCUT2D eigenvalue weighted by molar-refractivity contribution is -0.400. The van der Waals surface area contributed by atoms with Crippen molar-refractivity contribution in [2.24, 2.45) is 0 Å². The molecule has 5 nitrogen and oxygen atoms in total. The largest absolute Gasteiger partial charge is 0.488 e. The highest BCUT2D eigenvalue weighted by Gasteiger charge is 2.08. The second-order valence-corrected chi connectivity index (χ2v) is 2.64. The van der Waals surface area contributed by atoms with Crippen molar-refractivity contribution in [3.8, 4) is 0 Å². The Hall–Kier alpha value is -1.66. The normalized spacial score (nSPS) is 10.4. The molecule has 0 saturated carbocycles. The molecule has 0 atom stereocenters. The van der Waals surface area contributed by atoms with Gasteiger partial charge in [0.15, 0.2) is 0 Å². The molecule has 6 heteroatoms. The fourth-order valence-corrected chi connectivity index (χ4v) is 0.926. The van der Waals surface area contributed by atoms with E-state index in [1.165, 1.54) is 18.2 Å². The Labute approximate surface area is 80.6 Å². The molecule has 0 amide bonds. The van der Waals surface area contributed by atoms with Crippen LogP contribution in [0.2, 0.25) is 0 Å². The van der Waals surface area contributed by atoms with Crippen LogP contribution in [0.1, 0.15) is 5.56 Å². The summed E-state index contributed by atoms with van der Waals surface area (Å²) < 4.78 is 0. The first kappa shape index (κ1) is 10.4. The van der Waals surface area contributed by atoms with Crippen molar-refractivity contribution >= 4 is 18.7 Å². The van der Waals surface area contributed by atoms with Gasteiger partial charge in [-0.15, -0.1) is 0 Å². The Morgan fingerprint density at radius 3 is 2.29 bits per heavy atom. The second-order valence-electron chi connectivity index (χ2n) is 2.64. The predicted molar refractivity (Wildman–Crippen MR) is 52.3 cm³/mol. The van der Waals surface area contributed by atoms with Gasteiger partial charge in [-0.1, -0.05) is 24.3 Å². The summed E-state index contributed by atoms with van der Waals surface area (Å²) in [5.41, 5.74) is 0.981. The van der Waals surface area contributed by atoms with Crippen LogP contribution in [-0.2, 0) is 0 Å². The van der Waals surface area contributed by atoms with E-state index < -0.39 is 12.0 Å². The highest BCUT2D eigenvalue weighted by atomic mass is 16.6. The Morgan fingerprint density at radius 1 is 1.29 bits per heavy atom. The summed E-state index contributed by atoms with van der Waals surface area (Å²) in [6.45, 7) is 0. The molecule has 0 aliphatic heterocycles. The fourth-order valence-electron chi connectivity index (χ4n) is 0.926. The number of hydrogen-bond acceptors (Lipinski definition) is 4. The fraction of sp³-hybridized carbons (Fsp3) is 0. The third kappa shape index (κ3) is 3.00. The molecule has 0 bridgehead atoms. The summed E-state index contributed by atoms with van der Waals surface area (Å²) >= 11 is 0. The van der Waals surface area contributed by atoms with Crippen molar-refractivity contribution in [3.63, 3.8) is 0 Å². The Bertz CT molecular complexity index is 347. The third-order valence-electron chi connectivity index (χ3n) is 1.62. The SMILES string of the molecule is O=[N+]([O-])/C=C/c1ccc(B(O)O)cc1. The first-order valence-corrected chi connectivity index (χ1v) is 3.87. The molecule has 1 aromatic rings. The van der Waals surface area contributed by atoms with E-state index in [9.17, 15) is 10.1 Å². The Morgan fingerprint density at radius 2 is 1.86 bits per heavy atom. The molecule has 1 rings (SSSR count). The second kappa shape index (κ2) is 4.54. The molecule has 0 radical (unpaired) electrons. The van der Waals surface area contributed by atoms with E-state index in [1.807, 2.05) is 0 Å². The van der Waals surface area contributed by atoms with Gasteiger partial charge in [0.05, 0.1) is 4.92 Å². The molecule has 0 aromatic heterocycles. The summed E-state index contributed by atoms with van der Waals surface area (Å²) in [6, 6.07) is 6.11. The average Bonchev–Trinajstić information content (AvgIpc) is 2.15. The topological polar surface area (TPSA) is 83.6 Å². The quantitative estimate of drug-likeness (QED) is 0.389. The summed E-state index contributed by atoms with van der Waals surface area (Å²) in [4.78, 5) is 9.43. The van der Waals surface area contributed by atoms with E-state index >= 15 is 0 Å². The van der Waals surface area contributed by atoms with Gasteiger partial charge >= 0.3 is 7.12 Å². The van der Waals surface area contributed by atoms with Crippen LogP contribution in [0.5, 0.6) is 0 Å². The molecule has 72 valence electrons. The smallest absolute Gasteiger partial charge is 0.423 e. The highest BCUT2D eigenvalue weighted by molar-refractivity contribution is 6.58. The molecular weight excluding hydrogens is 185 g/mol. The highest BCUT2D eigenvalue weighted by Crippen LogP contribution is 1.99. The van der Waals surface area contributed by atoms with Crippen molar-refractivity contribution in [2.45, 2.75) is 0 Å². The minimum absolute atomic E-state index is 0.350. The van der Waals surface area contributed by atoms with Crippen LogP contribution in [0.25, 0.3) is 6.08 Å². The summed E-state index contributed by atoms with van der Waals surface area (Å²) in [5.74, 6) is 0. The minimum atomic E-state index is -1.51. The minimum Gasteiger partial charge on any atom is -0.423 e. The zero-order valence-electron chi connectivity index (χ0n) is 7.20. The Balaban J connectivity index is 2.78. The summed E-state index contributed by atoms with van der Waals surface area (Å²) in [5, 5.41) is 27.5. The number of nitro groups is 1. The van der Waals surface area contributed by atoms with Gasteiger partial charge in [0.25, 0.3) is 0 Å². The number of nitrogens with zero attached hydrogens (tertiary/aromatic N) is 1. The molecule has 0 fully saturated rings. The van der Waals surface area contributed by atoms with Crippen LogP contribution < -0.4 is 5.46 Å². The van der Waals surface area contributed by atoms with E-state index in [0.29, 0.717) is 11.0 Å². The molecule has 2 N–H and O–H groups in total. The maximum atomic E-state index is 9.99. The van der Waals surface area contributed by atoms with E-state index in [4.69, 9.17) is 10.0 Å². The van der Waals surface area contributed by atoms with Crippen LogP contribution in [0.15, 0.2) is 30.5 Å². The lowest BCUT2D eigenvalue weighted by Crippen LogP contribution is -2.29. The molecule has 0 saturated heterocycles. The number of benzene rings is 1. The number of rotatable bonds is 3. The summed E-state index contributed by atoms with van der Waals surface area (Å²) in [7, 11) is -1.51. The maximum Gasteiger partial charge on any atom is 0.488 e. The van der Waals surface area contributed by atoms with Gasteiger partial charge in [-0.05, 0) is 11.0 Å². The van der Waals surface area contributed by atoms with Crippen LogP contribution in [0.3, 0.4) is 0 Å². The van der Waals surface area contributed by atoms with Crippen molar-refractivity contribution < 1.29 is 15.0 Å². The van der Waals surface area contributed by atoms with Crippen LogP contribution in [-0.4, -0.2) is 22.1 Å². The molecule has 1 aromatic carbocycles. The van der Waals surface area contributed by atoms with Crippen LogP contribution in [0, 0.1) is 10.1 Å². The number of hydrogen-bond donors (Lipinski definition) is 2. The maximum absolute atomic E-state index is 9.99. The van der Waals surface area contributed by atoms with Crippen LogP contribution >= 0.6 is 0 Å². The first-order chi connectivity index (χ1) is 6.59. The van der Waals surface area contributed by atoms with Crippen molar-refractivity contribution in [1.82, 2.24) is 0 Å². The van der Waals surface area contributed by atoms with Gasteiger partial charge in [-0.25, -0.2) is 0 Å². The van der Waals surface area contributed by atoms with Gasteiger partial charge in [-0.3, -0.25) is 10.1 Å². The van der Waals surface area contributed by atoms with Crippen molar-refractivity contribution in [1.29, 1.82) is 0 Å². The zero-order valence-corrected chi connectivity index (χ0v) is 7.20. The first-order valence-electron chi connectivity index (χ1n) is 3.87. The van der Waals surface area contributed by atoms with Gasteiger partial charge < -0.3 is 10.0 Å². The lowest BCUT2D eigenvalue weighted by atomic mass is 9.80. The average molecular weight is 193 g/mol. The molecule has 0 heterocycles. The predicted octanol–water partition coefficient (Wildman–Crippen LogP) is -0.386. The molecule has 0 unspecified atom stereocenters. The molecule has 0 aliphatic carbocycles. The molecular formula is C8H8BNO4. The summed E-state index contributed by atoms with van der Waals surface area (Å²) in [6.07, 6.45) is 2.15. The van der Waals surface area contributed by atoms with Gasteiger partial charge in [-0.2, -0.15) is 0 Å². The van der Waals surface area contributed by atoms with Gasteiger partial charge in [0.2, 0.25) is 6.20 Å². The van der Waals surface area contributed by atoms with E-state index in [-0.39, 0.29) is 0 Å². The lowest BCUT2D eigenvalue weighted by Gasteiger charge is -1.98. The molecule has 0 aliphatic rings. The van der Waals surface area contributed by atoms with Gasteiger partial charge in [0.1, 0.15) is 0 Å². The zero-order chi connectivity index (χ0) is 10.6. The Kier molecular flexibility index (Phi) is 3.38. The van der Waals surface area contributed by atoms with Gasteiger partial charge in [0, 0.05) is 6.08 Å². The standard InChI is InChI=1S/C8H8BNO4/c11-9(12)8-3-1-7(2-4-8)5-6-10(13)14/h1-6,11-12H/b6-5+. The molecule has 0 spiro atoms.